The van der Waals surface area contributed by atoms with E-state index in [-0.39, 0.29) is 0 Å². The molecule has 0 aromatic heterocycles. The maximum absolute atomic E-state index is 12.1. The van der Waals surface area contributed by atoms with Gasteiger partial charge in [-0.3, -0.25) is 4.79 Å². The summed E-state index contributed by atoms with van der Waals surface area (Å²) < 4.78 is 0. The molecule has 0 heterocycles. The normalized spacial score (nSPS) is 12.2. The van der Waals surface area contributed by atoms with Crippen LogP contribution in [0.4, 0.5) is 0 Å². The second kappa shape index (κ2) is 21.1. The SMILES string of the molecule is CCCCCCCCCCCCCC(CCCCCC(C)=O)CC(=O)CCC. The van der Waals surface area contributed by atoms with Gasteiger partial charge in [-0.2, -0.15) is 0 Å². The van der Waals surface area contributed by atoms with Gasteiger partial charge in [0.25, 0.3) is 0 Å². The Morgan fingerprint density at radius 1 is 0.571 bits per heavy atom. The van der Waals surface area contributed by atoms with Gasteiger partial charge in [-0.25, -0.2) is 0 Å². The second-order valence-corrected chi connectivity index (χ2v) is 8.98. The van der Waals surface area contributed by atoms with Crippen molar-refractivity contribution in [1.82, 2.24) is 0 Å². The Balaban J connectivity index is 3.79. The minimum Gasteiger partial charge on any atom is -0.300 e. The standard InChI is InChI=1S/C26H50O2/c1-4-6-7-8-9-10-11-12-13-14-17-21-25(23-26(28)19-5-2)22-18-15-16-20-24(3)27/h25H,4-23H2,1-3H3. The molecular formula is C26H50O2. The van der Waals surface area contributed by atoms with Gasteiger partial charge in [-0.1, -0.05) is 110 Å². The van der Waals surface area contributed by atoms with Gasteiger partial charge < -0.3 is 4.79 Å². The molecule has 0 fully saturated rings. The molecule has 28 heavy (non-hydrogen) atoms. The minimum absolute atomic E-state index is 0.302. The molecule has 0 bridgehead atoms. The van der Waals surface area contributed by atoms with E-state index < -0.39 is 0 Å². The van der Waals surface area contributed by atoms with E-state index in [0.717, 1.165) is 38.5 Å². The first kappa shape index (κ1) is 27.3. The molecule has 0 aromatic carbocycles. The molecule has 0 amide bonds. The van der Waals surface area contributed by atoms with Crippen molar-refractivity contribution in [1.29, 1.82) is 0 Å². The molecule has 0 aromatic rings. The third-order valence-corrected chi connectivity index (χ3v) is 5.90. The van der Waals surface area contributed by atoms with E-state index >= 15 is 0 Å². The van der Waals surface area contributed by atoms with E-state index in [1.54, 1.807) is 6.92 Å². The Morgan fingerprint density at radius 3 is 1.50 bits per heavy atom. The fraction of sp³-hybridized carbons (Fsp3) is 0.923. The molecule has 0 spiro atoms. The Kier molecular flexibility index (Phi) is 20.6. The summed E-state index contributed by atoms with van der Waals surface area (Å²) in [5.41, 5.74) is 0. The topological polar surface area (TPSA) is 34.1 Å². The van der Waals surface area contributed by atoms with Crippen molar-refractivity contribution in [3.05, 3.63) is 0 Å². The summed E-state index contributed by atoms with van der Waals surface area (Å²) in [4.78, 5) is 23.1. The molecule has 0 saturated heterocycles. The van der Waals surface area contributed by atoms with E-state index in [0.29, 0.717) is 17.5 Å². The number of Topliss-reactive ketones (excluding diaryl/α,β-unsaturated/α-hetero) is 2. The smallest absolute Gasteiger partial charge is 0.133 e. The Labute approximate surface area is 176 Å². The first-order valence-corrected chi connectivity index (χ1v) is 12.6. The summed E-state index contributed by atoms with van der Waals surface area (Å²) >= 11 is 0. The quantitative estimate of drug-likeness (QED) is 0.172. The number of ketones is 2. The van der Waals surface area contributed by atoms with Crippen LogP contribution in [0.25, 0.3) is 0 Å². The van der Waals surface area contributed by atoms with Gasteiger partial charge in [-0.05, 0) is 25.7 Å². The molecule has 166 valence electrons. The molecule has 0 saturated carbocycles. The molecule has 0 radical (unpaired) electrons. The summed E-state index contributed by atoms with van der Waals surface area (Å²) in [7, 11) is 0. The summed E-state index contributed by atoms with van der Waals surface area (Å²) in [6, 6.07) is 0. The van der Waals surface area contributed by atoms with Crippen LogP contribution in [0, 0.1) is 5.92 Å². The molecule has 1 atom stereocenters. The van der Waals surface area contributed by atoms with Gasteiger partial charge >= 0.3 is 0 Å². The van der Waals surface area contributed by atoms with Crippen molar-refractivity contribution in [2.75, 3.05) is 0 Å². The minimum atomic E-state index is 0.302. The lowest BCUT2D eigenvalue weighted by atomic mass is 9.89. The van der Waals surface area contributed by atoms with Crippen molar-refractivity contribution in [3.63, 3.8) is 0 Å². The maximum Gasteiger partial charge on any atom is 0.133 e. The van der Waals surface area contributed by atoms with E-state index in [2.05, 4.69) is 13.8 Å². The number of carbonyl (C=O) groups is 2. The van der Waals surface area contributed by atoms with Crippen LogP contribution >= 0.6 is 0 Å². The van der Waals surface area contributed by atoms with Crippen molar-refractivity contribution in [2.24, 2.45) is 5.92 Å². The summed E-state index contributed by atoms with van der Waals surface area (Å²) in [5.74, 6) is 1.34. The Hall–Kier alpha value is -0.660. The van der Waals surface area contributed by atoms with Crippen LogP contribution < -0.4 is 0 Å². The molecule has 0 aliphatic rings. The second-order valence-electron chi connectivity index (χ2n) is 8.98. The van der Waals surface area contributed by atoms with E-state index in [4.69, 9.17) is 0 Å². The molecule has 0 N–H and O–H groups in total. The maximum atomic E-state index is 12.1. The molecule has 0 rings (SSSR count). The molecule has 2 nitrogen and oxygen atoms in total. The Bertz CT molecular complexity index is 361. The summed E-state index contributed by atoms with van der Waals surface area (Å²) in [6.45, 7) is 6.05. The fourth-order valence-electron chi connectivity index (χ4n) is 4.13. The van der Waals surface area contributed by atoms with E-state index in [1.165, 1.54) is 89.9 Å². The zero-order valence-electron chi connectivity index (χ0n) is 19.5. The largest absolute Gasteiger partial charge is 0.300 e. The first-order chi connectivity index (χ1) is 13.6. The van der Waals surface area contributed by atoms with Gasteiger partial charge in [0.05, 0.1) is 0 Å². The fourth-order valence-corrected chi connectivity index (χ4v) is 4.13. The van der Waals surface area contributed by atoms with E-state index in [9.17, 15) is 9.59 Å². The highest BCUT2D eigenvalue weighted by molar-refractivity contribution is 5.78. The van der Waals surface area contributed by atoms with Gasteiger partial charge in [-0.15, -0.1) is 0 Å². The van der Waals surface area contributed by atoms with Gasteiger partial charge in [0.15, 0.2) is 0 Å². The van der Waals surface area contributed by atoms with Crippen LogP contribution in [0.15, 0.2) is 0 Å². The number of unbranched alkanes of at least 4 members (excludes halogenated alkanes) is 12. The molecule has 0 aliphatic carbocycles. The number of rotatable bonds is 22. The third kappa shape index (κ3) is 20.1. The number of carbonyl (C=O) groups excluding carboxylic acids is 2. The van der Waals surface area contributed by atoms with Crippen LogP contribution in [-0.2, 0) is 9.59 Å². The number of hydrogen-bond donors (Lipinski definition) is 0. The molecule has 1 unspecified atom stereocenters. The zero-order valence-corrected chi connectivity index (χ0v) is 19.5. The van der Waals surface area contributed by atoms with Gasteiger partial charge in [0, 0.05) is 19.3 Å². The van der Waals surface area contributed by atoms with Gasteiger partial charge in [0.2, 0.25) is 0 Å². The van der Waals surface area contributed by atoms with Crippen LogP contribution in [0.1, 0.15) is 149 Å². The van der Waals surface area contributed by atoms with E-state index in [1.807, 2.05) is 0 Å². The average Bonchev–Trinajstić information content (AvgIpc) is 2.65. The molecular weight excluding hydrogens is 344 g/mol. The molecule has 0 aliphatic heterocycles. The third-order valence-electron chi connectivity index (χ3n) is 5.90. The summed E-state index contributed by atoms with van der Waals surface area (Å²) in [5, 5.41) is 0. The van der Waals surface area contributed by atoms with Crippen molar-refractivity contribution in [3.8, 4) is 0 Å². The Morgan fingerprint density at radius 2 is 1.04 bits per heavy atom. The van der Waals surface area contributed by atoms with Crippen molar-refractivity contribution >= 4 is 11.6 Å². The monoisotopic (exact) mass is 394 g/mol. The highest BCUT2D eigenvalue weighted by Crippen LogP contribution is 2.23. The highest BCUT2D eigenvalue weighted by atomic mass is 16.1. The highest BCUT2D eigenvalue weighted by Gasteiger charge is 2.13. The van der Waals surface area contributed by atoms with Gasteiger partial charge in [0.1, 0.15) is 11.6 Å². The number of hydrogen-bond acceptors (Lipinski definition) is 2. The predicted molar refractivity (Wildman–Crippen MR) is 123 cm³/mol. The van der Waals surface area contributed by atoms with Crippen LogP contribution in [0.3, 0.4) is 0 Å². The van der Waals surface area contributed by atoms with Crippen molar-refractivity contribution < 1.29 is 9.59 Å². The lowest BCUT2D eigenvalue weighted by Crippen LogP contribution is -2.09. The molecule has 2 heteroatoms. The van der Waals surface area contributed by atoms with Crippen LogP contribution in [0.2, 0.25) is 0 Å². The van der Waals surface area contributed by atoms with Crippen LogP contribution in [0.5, 0.6) is 0 Å². The van der Waals surface area contributed by atoms with Crippen LogP contribution in [-0.4, -0.2) is 11.6 Å². The zero-order chi connectivity index (χ0) is 20.9. The first-order valence-electron chi connectivity index (χ1n) is 12.6. The lowest BCUT2D eigenvalue weighted by molar-refractivity contribution is -0.120. The van der Waals surface area contributed by atoms with Crippen molar-refractivity contribution in [2.45, 2.75) is 149 Å². The summed E-state index contributed by atoms with van der Waals surface area (Å²) in [6.07, 6.45) is 24.1. The average molecular weight is 395 g/mol. The lowest BCUT2D eigenvalue weighted by Gasteiger charge is -2.16. The predicted octanol–water partition coefficient (Wildman–Crippen LogP) is 8.60.